The number of hydrogen-bond donors (Lipinski definition) is 1. The van der Waals surface area contributed by atoms with E-state index < -0.39 is 6.04 Å². The molecule has 0 fully saturated rings. The van der Waals surface area contributed by atoms with Crippen LogP contribution in [0.2, 0.25) is 0 Å². The third kappa shape index (κ3) is 2.62. The molecule has 1 aliphatic heterocycles. The van der Waals surface area contributed by atoms with Crippen molar-refractivity contribution in [2.24, 2.45) is 5.73 Å². The molecule has 4 nitrogen and oxygen atoms in total. The lowest BCUT2D eigenvalue weighted by Crippen LogP contribution is -2.38. The van der Waals surface area contributed by atoms with Gasteiger partial charge in [-0.2, -0.15) is 0 Å². The van der Waals surface area contributed by atoms with E-state index in [0.29, 0.717) is 12.1 Å². The highest BCUT2D eigenvalue weighted by Crippen LogP contribution is 2.34. The van der Waals surface area contributed by atoms with Gasteiger partial charge in [-0.25, -0.2) is 4.39 Å². The molecule has 1 unspecified atom stereocenters. The lowest BCUT2D eigenvalue weighted by atomic mass is 10.1. The van der Waals surface area contributed by atoms with Gasteiger partial charge >= 0.3 is 0 Å². The minimum absolute atomic E-state index is 0.146. The van der Waals surface area contributed by atoms with Crippen LogP contribution in [0.1, 0.15) is 25.5 Å². The topological polar surface area (TPSA) is 49.6 Å². The van der Waals surface area contributed by atoms with Crippen LogP contribution in [0.25, 0.3) is 0 Å². The Labute approximate surface area is 113 Å². The number of halogens is 1. The summed E-state index contributed by atoms with van der Waals surface area (Å²) < 4.78 is 13.2. The molecule has 1 heterocycles. The van der Waals surface area contributed by atoms with E-state index in [2.05, 4.69) is 18.7 Å². The maximum atomic E-state index is 13.2. The predicted molar refractivity (Wildman–Crippen MR) is 73.5 cm³/mol. The number of benzene rings is 1. The molecule has 0 bridgehead atoms. The summed E-state index contributed by atoms with van der Waals surface area (Å²) in [5.74, 6) is -0.500. The fourth-order valence-corrected chi connectivity index (χ4v) is 2.45. The largest absolute Gasteiger partial charge is 0.316 e. The molecule has 19 heavy (non-hydrogen) atoms. The Morgan fingerprint density at radius 2 is 2.05 bits per heavy atom. The van der Waals surface area contributed by atoms with Crippen LogP contribution in [0.4, 0.5) is 10.1 Å². The summed E-state index contributed by atoms with van der Waals surface area (Å²) in [7, 11) is 0. The number of nitrogens with zero attached hydrogens (tertiary/aromatic N) is 2. The first-order chi connectivity index (χ1) is 9.08. The summed E-state index contributed by atoms with van der Waals surface area (Å²) in [6.45, 7) is 7.45. The van der Waals surface area contributed by atoms with Crippen LogP contribution < -0.4 is 10.6 Å². The molecule has 1 amide bonds. The predicted octanol–water partition coefficient (Wildman–Crippen LogP) is 1.51. The highest BCUT2D eigenvalue weighted by molar-refractivity contribution is 6.04. The molecule has 0 saturated carbocycles. The summed E-state index contributed by atoms with van der Waals surface area (Å²) in [5, 5.41) is 0. The van der Waals surface area contributed by atoms with Crippen molar-refractivity contribution in [1.82, 2.24) is 4.90 Å². The Kier molecular flexibility index (Phi) is 4.17. The molecule has 5 heteroatoms. The van der Waals surface area contributed by atoms with Crippen LogP contribution in [0.5, 0.6) is 0 Å². The molecular formula is C14H20FN3O. The number of hydrogen-bond acceptors (Lipinski definition) is 3. The SMILES string of the molecule is CCN(CC)CCN1C(=O)C(N)c2cc(F)ccc21. The number of nitrogens with two attached hydrogens (primary N) is 1. The second-order valence-corrected chi connectivity index (χ2v) is 4.70. The first kappa shape index (κ1) is 14.0. The first-order valence-electron chi connectivity index (χ1n) is 6.67. The average molecular weight is 265 g/mol. The van der Waals surface area contributed by atoms with E-state index in [1.165, 1.54) is 12.1 Å². The average Bonchev–Trinajstić information content (AvgIpc) is 2.64. The van der Waals surface area contributed by atoms with Gasteiger partial charge in [-0.05, 0) is 31.3 Å². The van der Waals surface area contributed by atoms with Crippen molar-refractivity contribution < 1.29 is 9.18 Å². The Morgan fingerprint density at radius 1 is 1.37 bits per heavy atom. The van der Waals surface area contributed by atoms with Crippen molar-refractivity contribution in [2.45, 2.75) is 19.9 Å². The van der Waals surface area contributed by atoms with Crippen LogP contribution in [-0.4, -0.2) is 37.0 Å². The van der Waals surface area contributed by atoms with Crippen molar-refractivity contribution in [3.63, 3.8) is 0 Å². The van der Waals surface area contributed by atoms with E-state index in [1.54, 1.807) is 11.0 Å². The Balaban J connectivity index is 2.17. The number of likely N-dealkylation sites (N-methyl/N-ethyl adjacent to an activating group) is 1. The van der Waals surface area contributed by atoms with Gasteiger partial charge in [0.1, 0.15) is 11.9 Å². The molecule has 0 saturated heterocycles. The number of carbonyl (C=O) groups excluding carboxylic acids is 1. The van der Waals surface area contributed by atoms with E-state index in [0.717, 1.165) is 25.3 Å². The maximum absolute atomic E-state index is 13.2. The monoisotopic (exact) mass is 265 g/mol. The Morgan fingerprint density at radius 3 is 2.68 bits per heavy atom. The molecule has 0 aliphatic carbocycles. The smallest absolute Gasteiger partial charge is 0.248 e. The second kappa shape index (κ2) is 5.67. The quantitative estimate of drug-likeness (QED) is 0.878. The molecular weight excluding hydrogens is 245 g/mol. The minimum atomic E-state index is -0.734. The van der Waals surface area contributed by atoms with Crippen LogP contribution in [0.15, 0.2) is 18.2 Å². The number of rotatable bonds is 5. The van der Waals surface area contributed by atoms with Crippen molar-refractivity contribution in [3.05, 3.63) is 29.6 Å². The van der Waals surface area contributed by atoms with E-state index in [9.17, 15) is 9.18 Å². The number of amides is 1. The van der Waals surface area contributed by atoms with Crippen LogP contribution in [-0.2, 0) is 4.79 Å². The Bertz CT molecular complexity index is 474. The van der Waals surface area contributed by atoms with Gasteiger partial charge in [0.15, 0.2) is 0 Å². The summed E-state index contributed by atoms with van der Waals surface area (Å²) in [5.41, 5.74) is 7.18. The van der Waals surface area contributed by atoms with Crippen LogP contribution in [0.3, 0.4) is 0 Å². The molecule has 0 spiro atoms. The first-order valence-corrected chi connectivity index (χ1v) is 6.67. The third-order valence-electron chi connectivity index (χ3n) is 3.68. The van der Waals surface area contributed by atoms with Crippen molar-refractivity contribution in [3.8, 4) is 0 Å². The van der Waals surface area contributed by atoms with Crippen LogP contribution in [0, 0.1) is 5.82 Å². The highest BCUT2D eigenvalue weighted by atomic mass is 19.1. The van der Waals surface area contributed by atoms with Crippen molar-refractivity contribution in [2.75, 3.05) is 31.1 Å². The molecule has 104 valence electrons. The number of fused-ring (bicyclic) bond motifs is 1. The zero-order chi connectivity index (χ0) is 14.0. The maximum Gasteiger partial charge on any atom is 0.248 e. The van der Waals surface area contributed by atoms with E-state index in [-0.39, 0.29) is 11.7 Å². The fraction of sp³-hybridized carbons (Fsp3) is 0.500. The van der Waals surface area contributed by atoms with Gasteiger partial charge in [0.25, 0.3) is 0 Å². The zero-order valence-electron chi connectivity index (χ0n) is 11.4. The summed E-state index contributed by atoms with van der Waals surface area (Å²) in [6.07, 6.45) is 0. The lowest BCUT2D eigenvalue weighted by Gasteiger charge is -2.23. The van der Waals surface area contributed by atoms with Gasteiger partial charge in [-0.1, -0.05) is 13.8 Å². The molecule has 1 aliphatic rings. The fourth-order valence-electron chi connectivity index (χ4n) is 2.45. The summed E-state index contributed by atoms with van der Waals surface area (Å²) in [6, 6.07) is 3.63. The summed E-state index contributed by atoms with van der Waals surface area (Å²) >= 11 is 0. The molecule has 0 aromatic heterocycles. The molecule has 1 aromatic carbocycles. The molecule has 0 radical (unpaired) electrons. The van der Waals surface area contributed by atoms with Crippen LogP contribution >= 0.6 is 0 Å². The van der Waals surface area contributed by atoms with Gasteiger partial charge in [0, 0.05) is 24.3 Å². The minimum Gasteiger partial charge on any atom is -0.316 e. The third-order valence-corrected chi connectivity index (χ3v) is 3.68. The standard InChI is InChI=1S/C14H20FN3O/c1-3-17(4-2)7-8-18-12-6-5-10(15)9-11(12)13(16)14(18)19/h5-6,9,13H,3-4,7-8,16H2,1-2H3. The molecule has 1 atom stereocenters. The molecule has 2 N–H and O–H groups in total. The highest BCUT2D eigenvalue weighted by Gasteiger charge is 2.34. The van der Waals surface area contributed by atoms with Gasteiger partial charge in [0.05, 0.1) is 0 Å². The molecule has 2 rings (SSSR count). The van der Waals surface area contributed by atoms with Gasteiger partial charge in [-0.15, -0.1) is 0 Å². The van der Waals surface area contributed by atoms with Crippen molar-refractivity contribution >= 4 is 11.6 Å². The van der Waals surface area contributed by atoms with Crippen molar-refractivity contribution in [1.29, 1.82) is 0 Å². The zero-order valence-corrected chi connectivity index (χ0v) is 11.4. The Hall–Kier alpha value is -1.46. The second-order valence-electron chi connectivity index (χ2n) is 4.70. The van der Waals surface area contributed by atoms with E-state index in [1.807, 2.05) is 0 Å². The van der Waals surface area contributed by atoms with Gasteiger partial charge < -0.3 is 15.5 Å². The number of carbonyl (C=O) groups is 1. The number of anilines is 1. The van der Waals surface area contributed by atoms with Gasteiger partial charge in [-0.3, -0.25) is 4.79 Å². The summed E-state index contributed by atoms with van der Waals surface area (Å²) in [4.78, 5) is 16.0. The molecule has 1 aromatic rings. The van der Waals surface area contributed by atoms with E-state index >= 15 is 0 Å². The normalized spacial score (nSPS) is 18.3. The van der Waals surface area contributed by atoms with E-state index in [4.69, 9.17) is 5.73 Å². The van der Waals surface area contributed by atoms with Gasteiger partial charge in [0.2, 0.25) is 5.91 Å². The lowest BCUT2D eigenvalue weighted by molar-refractivity contribution is -0.119.